The zero-order valence-electron chi connectivity index (χ0n) is 34.8. The number of fused-ring (bicyclic) bond motifs is 1. The number of nitrogens with zero attached hydrogens (tertiary/aromatic N) is 3. The number of aliphatic carboxylic acids is 1. The number of rotatable bonds is 15. The van der Waals surface area contributed by atoms with E-state index in [0.29, 0.717) is 17.8 Å². The van der Waals surface area contributed by atoms with Crippen molar-refractivity contribution in [1.82, 2.24) is 15.2 Å². The average Bonchev–Trinajstić information content (AvgIpc) is 3.15. The summed E-state index contributed by atoms with van der Waals surface area (Å²) in [6, 6.07) is 23.7. The minimum absolute atomic E-state index is 0.220. The van der Waals surface area contributed by atoms with Gasteiger partial charge in [-0.05, 0) is 125 Å². The molecular weight excluding hydrogens is 716 g/mol. The molecule has 56 heavy (non-hydrogen) atoms. The maximum atomic E-state index is 13.2. The molecule has 0 unspecified atom stereocenters. The summed E-state index contributed by atoms with van der Waals surface area (Å²) in [5, 5.41) is 15.4. The van der Waals surface area contributed by atoms with Crippen molar-refractivity contribution in [2.24, 2.45) is 5.41 Å². The number of halogens is 1. The number of anilines is 1. The first-order valence-corrected chi connectivity index (χ1v) is 21.1. The van der Waals surface area contributed by atoms with Crippen LogP contribution < -0.4 is 10.2 Å². The smallest absolute Gasteiger partial charge is 0.337 e. The Morgan fingerprint density at radius 2 is 1.71 bits per heavy atom. The standard InChI is InChI=1S/C48H63ClN4O3/c1-33-15-14-19-40(49)39(33)32-52-26-22-36-29-37(20-21-38(36)31-52)43-41(30-50-25-13-9-12-18-35-16-10-8-11-17-35)51-34(2)42(45(46(54)55)56-47(3,4)5)44(43)53-27-23-48(6,7)24-28-53/h8,10-11,14-17,19-21,29,45,50H,9,12-13,18,22-28,30-32H2,1-7H3,(H,54,55)/t45-/m0/s1. The summed E-state index contributed by atoms with van der Waals surface area (Å²) in [5.41, 5.74) is 11.4. The van der Waals surface area contributed by atoms with E-state index in [9.17, 15) is 9.90 Å². The molecule has 8 heteroatoms. The number of unbranched alkanes of at least 4 members (excludes halogenated alkanes) is 2. The van der Waals surface area contributed by atoms with Crippen molar-refractivity contribution in [2.75, 3.05) is 31.1 Å². The van der Waals surface area contributed by atoms with Gasteiger partial charge in [0.25, 0.3) is 0 Å². The minimum Gasteiger partial charge on any atom is -0.479 e. The molecular formula is C48H63ClN4O3. The quantitative estimate of drug-likeness (QED) is 0.116. The third-order valence-corrected chi connectivity index (χ3v) is 12.0. The fraction of sp³-hybridized carbons (Fsp3) is 0.500. The minimum atomic E-state index is -1.16. The number of carboxylic acids is 1. The Morgan fingerprint density at radius 1 is 0.964 bits per heavy atom. The van der Waals surface area contributed by atoms with Gasteiger partial charge < -0.3 is 20.1 Å². The summed E-state index contributed by atoms with van der Waals surface area (Å²) in [6.07, 6.45) is 6.30. The Balaban J connectivity index is 1.36. The van der Waals surface area contributed by atoms with Gasteiger partial charge in [0.2, 0.25) is 0 Å². The molecule has 2 aliphatic heterocycles. The SMILES string of the molecule is Cc1cccc(Cl)c1CN1CCc2cc(-c3c(CNCCCCCc4ccccc4)nc(C)c([C@H](OC(C)(C)C)C(=O)O)c3N3CCC(C)(C)CC3)ccc2C1. The molecule has 1 atom stereocenters. The van der Waals surface area contributed by atoms with E-state index in [1.165, 1.54) is 27.8 Å². The lowest BCUT2D eigenvalue weighted by Gasteiger charge is -2.41. The van der Waals surface area contributed by atoms with E-state index in [0.717, 1.165) is 112 Å². The molecule has 0 amide bonds. The van der Waals surface area contributed by atoms with Crippen LogP contribution in [0.5, 0.6) is 0 Å². The van der Waals surface area contributed by atoms with Crippen LogP contribution in [-0.4, -0.2) is 52.7 Å². The monoisotopic (exact) mass is 778 g/mol. The van der Waals surface area contributed by atoms with E-state index in [-0.39, 0.29) is 5.41 Å². The van der Waals surface area contributed by atoms with Crippen molar-refractivity contribution in [3.63, 3.8) is 0 Å². The molecule has 1 saturated heterocycles. The molecule has 3 heterocycles. The van der Waals surface area contributed by atoms with Gasteiger partial charge >= 0.3 is 5.97 Å². The summed E-state index contributed by atoms with van der Waals surface area (Å²) < 4.78 is 6.41. The number of piperidine rings is 1. The Labute approximate surface area is 340 Å². The predicted molar refractivity (Wildman–Crippen MR) is 231 cm³/mol. The lowest BCUT2D eigenvalue weighted by Crippen LogP contribution is -2.39. The molecule has 0 aliphatic carbocycles. The van der Waals surface area contributed by atoms with E-state index in [4.69, 9.17) is 21.3 Å². The number of hydrogen-bond acceptors (Lipinski definition) is 6. The third kappa shape index (κ3) is 10.6. The van der Waals surface area contributed by atoms with Crippen LogP contribution in [-0.2, 0) is 42.0 Å². The van der Waals surface area contributed by atoms with Gasteiger partial charge in [0.1, 0.15) is 0 Å². The van der Waals surface area contributed by atoms with Gasteiger partial charge in [-0.15, -0.1) is 0 Å². The van der Waals surface area contributed by atoms with Crippen molar-refractivity contribution in [3.8, 4) is 11.1 Å². The second kappa shape index (κ2) is 18.2. The molecule has 7 nitrogen and oxygen atoms in total. The fourth-order valence-electron chi connectivity index (χ4n) is 8.36. The maximum absolute atomic E-state index is 13.2. The van der Waals surface area contributed by atoms with E-state index < -0.39 is 17.7 Å². The number of ether oxygens (including phenoxy) is 1. The number of aromatic nitrogens is 1. The van der Waals surface area contributed by atoms with Gasteiger partial charge in [0, 0.05) is 61.1 Å². The van der Waals surface area contributed by atoms with Gasteiger partial charge in [-0.25, -0.2) is 4.79 Å². The van der Waals surface area contributed by atoms with Crippen molar-refractivity contribution in [2.45, 2.75) is 125 Å². The highest BCUT2D eigenvalue weighted by Gasteiger charge is 2.37. The largest absolute Gasteiger partial charge is 0.479 e. The molecule has 2 N–H and O–H groups in total. The van der Waals surface area contributed by atoms with Crippen LogP contribution in [0.4, 0.5) is 5.69 Å². The van der Waals surface area contributed by atoms with Crippen molar-refractivity contribution < 1.29 is 14.6 Å². The normalized spacial score (nSPS) is 16.5. The van der Waals surface area contributed by atoms with Crippen LogP contribution in [0.3, 0.4) is 0 Å². The molecule has 0 radical (unpaired) electrons. The first-order chi connectivity index (χ1) is 26.7. The summed E-state index contributed by atoms with van der Waals surface area (Å²) >= 11 is 6.65. The van der Waals surface area contributed by atoms with E-state index in [1.54, 1.807) is 0 Å². The third-order valence-electron chi connectivity index (χ3n) is 11.6. The number of carboxylic acid groups (broad SMARTS) is 1. The number of hydrogen-bond donors (Lipinski definition) is 2. The number of aryl methyl sites for hydroxylation is 3. The molecule has 0 saturated carbocycles. The van der Waals surface area contributed by atoms with Crippen molar-refractivity contribution in [3.05, 3.63) is 117 Å². The van der Waals surface area contributed by atoms with Gasteiger partial charge in [-0.2, -0.15) is 0 Å². The van der Waals surface area contributed by atoms with E-state index in [2.05, 4.69) is 90.5 Å². The fourth-order valence-corrected chi connectivity index (χ4v) is 8.64. The van der Waals surface area contributed by atoms with Gasteiger partial charge in [0.15, 0.2) is 6.10 Å². The Morgan fingerprint density at radius 3 is 2.41 bits per heavy atom. The van der Waals surface area contributed by atoms with E-state index in [1.807, 2.05) is 39.8 Å². The predicted octanol–water partition coefficient (Wildman–Crippen LogP) is 10.6. The van der Waals surface area contributed by atoms with Crippen LogP contribution in [0.1, 0.15) is 118 Å². The molecule has 6 rings (SSSR count). The highest BCUT2D eigenvalue weighted by molar-refractivity contribution is 6.31. The molecule has 300 valence electrons. The van der Waals surface area contributed by atoms with Crippen LogP contribution in [0.2, 0.25) is 5.02 Å². The van der Waals surface area contributed by atoms with Crippen molar-refractivity contribution >= 4 is 23.3 Å². The molecule has 0 bridgehead atoms. The lowest BCUT2D eigenvalue weighted by molar-refractivity contribution is -0.160. The molecule has 4 aromatic rings. The molecule has 1 aromatic heterocycles. The Hall–Kier alpha value is -3.75. The van der Waals surface area contributed by atoms with Crippen LogP contribution in [0.15, 0.2) is 66.7 Å². The lowest BCUT2D eigenvalue weighted by atomic mass is 9.81. The highest BCUT2D eigenvalue weighted by atomic mass is 35.5. The van der Waals surface area contributed by atoms with Crippen LogP contribution in [0.25, 0.3) is 11.1 Å². The highest BCUT2D eigenvalue weighted by Crippen LogP contribution is 2.45. The number of benzene rings is 3. The Bertz CT molecular complexity index is 1940. The van der Waals surface area contributed by atoms with Crippen LogP contribution in [0, 0.1) is 19.3 Å². The summed E-state index contributed by atoms with van der Waals surface area (Å²) in [6.45, 7) is 20.3. The van der Waals surface area contributed by atoms with Gasteiger partial charge in [0.05, 0.1) is 17.0 Å². The van der Waals surface area contributed by atoms with Gasteiger partial charge in [-0.1, -0.05) is 92.5 Å². The number of carbonyl (C=O) groups is 1. The van der Waals surface area contributed by atoms with E-state index >= 15 is 0 Å². The van der Waals surface area contributed by atoms with Gasteiger partial charge in [-0.3, -0.25) is 9.88 Å². The van der Waals surface area contributed by atoms with Crippen LogP contribution >= 0.6 is 11.6 Å². The first kappa shape index (κ1) is 41.9. The number of nitrogens with one attached hydrogen (secondary N) is 1. The van der Waals surface area contributed by atoms with Crippen molar-refractivity contribution in [1.29, 1.82) is 0 Å². The average molecular weight is 780 g/mol. The molecule has 0 spiro atoms. The summed E-state index contributed by atoms with van der Waals surface area (Å²) in [4.78, 5) is 23.4. The summed E-state index contributed by atoms with van der Waals surface area (Å²) in [5.74, 6) is -0.991. The topological polar surface area (TPSA) is 77.9 Å². The second-order valence-corrected chi connectivity index (χ2v) is 18.2. The second-order valence-electron chi connectivity index (χ2n) is 17.8. The maximum Gasteiger partial charge on any atom is 0.337 e. The summed E-state index contributed by atoms with van der Waals surface area (Å²) in [7, 11) is 0. The molecule has 1 fully saturated rings. The zero-order chi connectivity index (χ0) is 40.0. The first-order valence-electron chi connectivity index (χ1n) is 20.7. The Kier molecular flexibility index (Phi) is 13.6. The zero-order valence-corrected chi connectivity index (χ0v) is 35.6. The number of pyridine rings is 1. The molecule has 3 aromatic carbocycles. The molecule has 2 aliphatic rings.